The van der Waals surface area contributed by atoms with Crippen LogP contribution in [0, 0.1) is 0 Å². The Kier molecular flexibility index (Phi) is 3.42. The van der Waals surface area contributed by atoms with Crippen molar-refractivity contribution in [3.8, 4) is 0 Å². The summed E-state index contributed by atoms with van der Waals surface area (Å²) >= 11 is 0. The van der Waals surface area contributed by atoms with Crippen molar-refractivity contribution in [3.63, 3.8) is 0 Å². The predicted molar refractivity (Wildman–Crippen MR) is 39.5 cm³/mol. The molecular weight excluding hydrogens is 164 g/mol. The van der Waals surface area contributed by atoms with Gasteiger partial charge in [-0.05, 0) is 0 Å². The van der Waals surface area contributed by atoms with Crippen molar-refractivity contribution in [1.29, 1.82) is 0 Å². The number of aliphatic hydroxyl groups excluding tert-OH is 4. The average molecular weight is 178 g/mol. The van der Waals surface area contributed by atoms with Gasteiger partial charge in [-0.2, -0.15) is 0 Å². The van der Waals surface area contributed by atoms with E-state index in [4.69, 9.17) is 20.1 Å². The molecule has 12 heavy (non-hydrogen) atoms. The first-order valence-corrected chi connectivity index (χ1v) is 3.92. The van der Waals surface area contributed by atoms with Crippen LogP contribution in [-0.4, -0.2) is 58.1 Å². The molecule has 1 saturated heterocycles. The van der Waals surface area contributed by atoms with E-state index in [0.717, 1.165) is 0 Å². The van der Waals surface area contributed by atoms with Crippen LogP contribution in [0.5, 0.6) is 0 Å². The Morgan fingerprint density at radius 3 is 2.50 bits per heavy atom. The lowest BCUT2D eigenvalue weighted by atomic mass is 10.1. The average Bonchev–Trinajstić information content (AvgIpc) is 2.45. The summed E-state index contributed by atoms with van der Waals surface area (Å²) in [5.41, 5.74) is 0. The third-order valence-electron chi connectivity index (χ3n) is 2.05. The van der Waals surface area contributed by atoms with E-state index in [-0.39, 0.29) is 13.0 Å². The minimum absolute atomic E-state index is 0.257. The van der Waals surface area contributed by atoms with Gasteiger partial charge in [-0.25, -0.2) is 0 Å². The Bertz CT molecular complexity index is 140. The Morgan fingerprint density at radius 1 is 1.42 bits per heavy atom. The van der Waals surface area contributed by atoms with Crippen molar-refractivity contribution >= 4 is 0 Å². The fourth-order valence-electron chi connectivity index (χ4n) is 1.29. The molecule has 5 heteroatoms. The van der Waals surface area contributed by atoms with Crippen molar-refractivity contribution in [3.05, 3.63) is 0 Å². The van der Waals surface area contributed by atoms with Crippen molar-refractivity contribution in [2.24, 2.45) is 0 Å². The van der Waals surface area contributed by atoms with E-state index in [0.29, 0.717) is 0 Å². The summed E-state index contributed by atoms with van der Waals surface area (Å²) in [6.07, 6.45) is -2.66. The van der Waals surface area contributed by atoms with Crippen LogP contribution in [0.3, 0.4) is 0 Å². The van der Waals surface area contributed by atoms with Crippen molar-refractivity contribution in [2.75, 3.05) is 13.2 Å². The molecule has 0 aromatic rings. The van der Waals surface area contributed by atoms with E-state index in [1.54, 1.807) is 0 Å². The maximum atomic E-state index is 9.23. The lowest BCUT2D eigenvalue weighted by Crippen LogP contribution is -2.30. The molecule has 1 aliphatic rings. The third kappa shape index (κ3) is 1.94. The maximum Gasteiger partial charge on any atom is 0.107 e. The van der Waals surface area contributed by atoms with Crippen molar-refractivity contribution < 1.29 is 25.2 Å². The lowest BCUT2D eigenvalue weighted by Gasteiger charge is -2.15. The number of hydrogen-bond acceptors (Lipinski definition) is 5. The van der Waals surface area contributed by atoms with E-state index in [1.165, 1.54) is 0 Å². The quantitative estimate of drug-likeness (QED) is 0.395. The van der Waals surface area contributed by atoms with Gasteiger partial charge >= 0.3 is 0 Å². The molecule has 0 radical (unpaired) electrons. The van der Waals surface area contributed by atoms with Gasteiger partial charge in [0.05, 0.1) is 25.4 Å². The molecule has 0 unspecified atom stereocenters. The minimum Gasteiger partial charge on any atom is -0.394 e. The normalized spacial score (nSPS) is 38.5. The summed E-state index contributed by atoms with van der Waals surface area (Å²) in [5.74, 6) is 0. The van der Waals surface area contributed by atoms with Crippen LogP contribution in [0.4, 0.5) is 0 Å². The zero-order valence-electron chi connectivity index (χ0n) is 6.63. The fourth-order valence-corrected chi connectivity index (χ4v) is 1.29. The molecule has 0 saturated carbocycles. The van der Waals surface area contributed by atoms with Gasteiger partial charge in [0.1, 0.15) is 12.2 Å². The number of aliphatic hydroxyl groups is 4. The molecule has 0 aliphatic carbocycles. The SMILES string of the molecule is OC[C@H](O)[C@H]1C[C@H](O)[C@@H](CO)O1. The number of ether oxygens (including phenoxy) is 1. The standard InChI is InChI=1S/C7H14O5/c8-2-5(11)6-1-4(10)7(3-9)12-6/h4-11H,1-3H2/t4-,5-,6+,7+/m0/s1. The highest BCUT2D eigenvalue weighted by Crippen LogP contribution is 2.22. The Morgan fingerprint density at radius 2 is 2.08 bits per heavy atom. The van der Waals surface area contributed by atoms with Gasteiger partial charge in [0, 0.05) is 6.42 Å². The molecule has 0 amide bonds. The molecular formula is C7H14O5. The highest BCUT2D eigenvalue weighted by atomic mass is 16.5. The summed E-state index contributed by atoms with van der Waals surface area (Å²) in [4.78, 5) is 0. The highest BCUT2D eigenvalue weighted by molar-refractivity contribution is 4.85. The first-order valence-electron chi connectivity index (χ1n) is 3.92. The molecule has 72 valence electrons. The molecule has 1 rings (SSSR count). The zero-order chi connectivity index (χ0) is 9.14. The topological polar surface area (TPSA) is 90.2 Å². The van der Waals surface area contributed by atoms with Gasteiger partial charge in [0.25, 0.3) is 0 Å². The van der Waals surface area contributed by atoms with E-state index in [1.807, 2.05) is 0 Å². The predicted octanol–water partition coefficient (Wildman–Crippen LogP) is -2.15. The van der Waals surface area contributed by atoms with E-state index in [9.17, 15) is 5.11 Å². The second-order valence-corrected chi connectivity index (χ2v) is 2.95. The van der Waals surface area contributed by atoms with Gasteiger partial charge in [0.15, 0.2) is 0 Å². The van der Waals surface area contributed by atoms with Gasteiger partial charge in [-0.3, -0.25) is 0 Å². The number of rotatable bonds is 3. The van der Waals surface area contributed by atoms with Crippen LogP contribution in [-0.2, 0) is 4.74 Å². The van der Waals surface area contributed by atoms with Crippen LogP contribution in [0.1, 0.15) is 6.42 Å². The Hall–Kier alpha value is -0.200. The van der Waals surface area contributed by atoms with Crippen LogP contribution in [0.2, 0.25) is 0 Å². The Labute approximate surface area is 70.2 Å². The van der Waals surface area contributed by atoms with E-state index >= 15 is 0 Å². The monoisotopic (exact) mass is 178 g/mol. The third-order valence-corrected chi connectivity index (χ3v) is 2.05. The van der Waals surface area contributed by atoms with Crippen LogP contribution in [0.25, 0.3) is 0 Å². The molecule has 1 heterocycles. The molecule has 0 bridgehead atoms. The van der Waals surface area contributed by atoms with Crippen LogP contribution >= 0.6 is 0 Å². The van der Waals surface area contributed by atoms with Gasteiger partial charge < -0.3 is 25.2 Å². The highest BCUT2D eigenvalue weighted by Gasteiger charge is 2.36. The van der Waals surface area contributed by atoms with E-state index in [2.05, 4.69) is 0 Å². The second-order valence-electron chi connectivity index (χ2n) is 2.95. The van der Waals surface area contributed by atoms with Crippen LogP contribution < -0.4 is 0 Å². The summed E-state index contributed by atoms with van der Waals surface area (Å²) in [5, 5.41) is 35.6. The van der Waals surface area contributed by atoms with Crippen molar-refractivity contribution in [2.45, 2.75) is 30.8 Å². The van der Waals surface area contributed by atoms with Crippen molar-refractivity contribution in [1.82, 2.24) is 0 Å². The maximum absolute atomic E-state index is 9.23. The number of hydrogen-bond donors (Lipinski definition) is 4. The minimum atomic E-state index is -0.976. The molecule has 0 aromatic carbocycles. The first-order chi connectivity index (χ1) is 5.69. The molecule has 0 aromatic heterocycles. The summed E-state index contributed by atoms with van der Waals surface area (Å²) in [6.45, 7) is -0.661. The molecule has 5 nitrogen and oxygen atoms in total. The van der Waals surface area contributed by atoms with Gasteiger partial charge in [-0.1, -0.05) is 0 Å². The molecule has 4 N–H and O–H groups in total. The van der Waals surface area contributed by atoms with E-state index < -0.39 is 31.0 Å². The Balaban J connectivity index is 2.42. The summed E-state index contributed by atoms with van der Waals surface area (Å²) in [6, 6.07) is 0. The molecule has 4 atom stereocenters. The molecule has 1 fully saturated rings. The zero-order valence-corrected chi connectivity index (χ0v) is 6.63. The van der Waals surface area contributed by atoms with Gasteiger partial charge in [0.2, 0.25) is 0 Å². The summed E-state index contributed by atoms with van der Waals surface area (Å²) < 4.78 is 5.07. The molecule has 1 aliphatic heterocycles. The van der Waals surface area contributed by atoms with Gasteiger partial charge in [-0.15, -0.1) is 0 Å². The molecule has 0 spiro atoms. The fraction of sp³-hybridized carbons (Fsp3) is 1.00. The second kappa shape index (κ2) is 4.15. The first kappa shape index (κ1) is 9.88. The largest absolute Gasteiger partial charge is 0.394 e. The summed E-state index contributed by atoms with van der Waals surface area (Å²) in [7, 11) is 0. The lowest BCUT2D eigenvalue weighted by molar-refractivity contribution is -0.0737. The smallest absolute Gasteiger partial charge is 0.107 e. The van der Waals surface area contributed by atoms with Crippen LogP contribution in [0.15, 0.2) is 0 Å².